The molecule has 150 valence electrons. The highest BCUT2D eigenvalue weighted by Gasteiger charge is 2.32. The molecule has 0 spiro atoms. The van der Waals surface area contributed by atoms with Gasteiger partial charge in [0.25, 0.3) is 5.91 Å². The Morgan fingerprint density at radius 1 is 1.22 bits per heavy atom. The molecule has 1 aromatic carbocycles. The van der Waals surface area contributed by atoms with Crippen LogP contribution in [0.2, 0.25) is 0 Å². The first-order valence-corrected chi connectivity index (χ1v) is 9.33. The number of amides is 2. The maximum absolute atomic E-state index is 12.8. The van der Waals surface area contributed by atoms with Crippen molar-refractivity contribution in [3.05, 3.63) is 23.8 Å². The van der Waals surface area contributed by atoms with Crippen molar-refractivity contribution >= 4 is 17.7 Å². The molecule has 2 N–H and O–H groups in total. The van der Waals surface area contributed by atoms with Crippen LogP contribution in [0.5, 0.6) is 5.75 Å². The summed E-state index contributed by atoms with van der Waals surface area (Å²) in [6, 6.07) is 4.97. The summed E-state index contributed by atoms with van der Waals surface area (Å²) in [5.41, 5.74) is 6.43. The highest BCUT2D eigenvalue weighted by Crippen LogP contribution is 2.25. The van der Waals surface area contributed by atoms with Crippen LogP contribution in [-0.4, -0.2) is 59.2 Å². The minimum atomic E-state index is -0.541. The average Bonchev–Trinajstić information content (AvgIpc) is 2.53. The SMILES string of the molecule is CC(C)Oc1ccc(C(=O)N2CCN(C(=O)OC(C)(C)C)[C@@H](C)C2)cc1N. The zero-order valence-electron chi connectivity index (χ0n) is 17.1. The fourth-order valence-electron chi connectivity index (χ4n) is 2.96. The molecule has 7 nitrogen and oxygen atoms in total. The lowest BCUT2D eigenvalue weighted by Gasteiger charge is -2.40. The third-order valence-corrected chi connectivity index (χ3v) is 4.16. The second kappa shape index (κ2) is 8.06. The Hall–Kier alpha value is -2.44. The van der Waals surface area contributed by atoms with Crippen molar-refractivity contribution < 1.29 is 19.1 Å². The number of carbonyl (C=O) groups excluding carboxylic acids is 2. The van der Waals surface area contributed by atoms with E-state index in [0.717, 1.165) is 0 Å². The Morgan fingerprint density at radius 2 is 1.89 bits per heavy atom. The van der Waals surface area contributed by atoms with E-state index in [4.69, 9.17) is 15.2 Å². The number of rotatable bonds is 3. The van der Waals surface area contributed by atoms with E-state index in [1.807, 2.05) is 41.5 Å². The number of hydrogen-bond donors (Lipinski definition) is 1. The van der Waals surface area contributed by atoms with Crippen molar-refractivity contribution in [3.8, 4) is 5.75 Å². The Kier molecular flexibility index (Phi) is 6.23. The summed E-state index contributed by atoms with van der Waals surface area (Å²) >= 11 is 0. The Bertz CT molecular complexity index is 697. The smallest absolute Gasteiger partial charge is 0.410 e. The topological polar surface area (TPSA) is 85.1 Å². The van der Waals surface area contributed by atoms with Crippen LogP contribution in [0.15, 0.2) is 18.2 Å². The van der Waals surface area contributed by atoms with Gasteiger partial charge in [0, 0.05) is 31.2 Å². The average molecular weight is 377 g/mol. The molecule has 2 rings (SSSR count). The van der Waals surface area contributed by atoms with Crippen LogP contribution in [0.25, 0.3) is 0 Å². The highest BCUT2D eigenvalue weighted by atomic mass is 16.6. The van der Waals surface area contributed by atoms with Crippen molar-refractivity contribution in [3.63, 3.8) is 0 Å². The zero-order valence-corrected chi connectivity index (χ0v) is 17.1. The molecule has 2 amide bonds. The molecule has 0 aliphatic carbocycles. The van der Waals surface area contributed by atoms with Gasteiger partial charge in [0.15, 0.2) is 0 Å². The third kappa shape index (κ3) is 5.52. The summed E-state index contributed by atoms with van der Waals surface area (Å²) in [4.78, 5) is 28.6. The summed E-state index contributed by atoms with van der Waals surface area (Å²) in [6.07, 6.45) is -0.336. The molecule has 27 heavy (non-hydrogen) atoms. The van der Waals surface area contributed by atoms with E-state index in [2.05, 4.69) is 0 Å². The monoisotopic (exact) mass is 377 g/mol. The molecule has 0 aromatic heterocycles. The molecule has 0 radical (unpaired) electrons. The first-order valence-electron chi connectivity index (χ1n) is 9.33. The highest BCUT2D eigenvalue weighted by molar-refractivity contribution is 5.95. The molecule has 1 fully saturated rings. The molecule has 1 atom stereocenters. The van der Waals surface area contributed by atoms with Crippen LogP contribution in [0.3, 0.4) is 0 Å². The number of hydrogen-bond acceptors (Lipinski definition) is 5. The van der Waals surface area contributed by atoms with Gasteiger partial charge in [-0.2, -0.15) is 0 Å². The summed E-state index contributed by atoms with van der Waals surface area (Å²) < 4.78 is 11.1. The van der Waals surface area contributed by atoms with Crippen LogP contribution in [0.4, 0.5) is 10.5 Å². The quantitative estimate of drug-likeness (QED) is 0.818. The van der Waals surface area contributed by atoms with E-state index in [-0.39, 0.29) is 24.1 Å². The lowest BCUT2D eigenvalue weighted by Crippen LogP contribution is -2.56. The van der Waals surface area contributed by atoms with E-state index in [1.165, 1.54) is 0 Å². The van der Waals surface area contributed by atoms with Crippen molar-refractivity contribution in [2.45, 2.75) is 59.3 Å². The van der Waals surface area contributed by atoms with E-state index in [0.29, 0.717) is 36.6 Å². The fourth-order valence-corrected chi connectivity index (χ4v) is 2.96. The van der Waals surface area contributed by atoms with Gasteiger partial charge in [-0.15, -0.1) is 0 Å². The van der Waals surface area contributed by atoms with Gasteiger partial charge in [-0.1, -0.05) is 0 Å². The number of anilines is 1. The number of nitrogen functional groups attached to an aromatic ring is 1. The largest absolute Gasteiger partial charge is 0.489 e. The molecule has 0 unspecified atom stereocenters. The number of piperazine rings is 1. The number of nitrogens with two attached hydrogens (primary N) is 1. The van der Waals surface area contributed by atoms with Gasteiger partial charge in [-0.3, -0.25) is 4.79 Å². The lowest BCUT2D eigenvalue weighted by atomic mass is 10.1. The van der Waals surface area contributed by atoms with Gasteiger partial charge in [0.2, 0.25) is 0 Å². The number of benzene rings is 1. The van der Waals surface area contributed by atoms with E-state index in [9.17, 15) is 9.59 Å². The lowest BCUT2D eigenvalue weighted by molar-refractivity contribution is 0.00198. The molecule has 1 aromatic rings. The minimum Gasteiger partial charge on any atom is -0.489 e. The first-order chi connectivity index (χ1) is 12.5. The Labute approximate surface area is 161 Å². The molecule has 1 aliphatic heterocycles. The number of nitrogens with zero attached hydrogens (tertiary/aromatic N) is 2. The number of carbonyl (C=O) groups is 2. The van der Waals surface area contributed by atoms with Crippen LogP contribution in [0.1, 0.15) is 51.9 Å². The molecular formula is C20H31N3O4. The van der Waals surface area contributed by atoms with Crippen molar-refractivity contribution in [1.29, 1.82) is 0 Å². The molecule has 1 heterocycles. The van der Waals surface area contributed by atoms with E-state index in [1.54, 1.807) is 28.0 Å². The maximum atomic E-state index is 12.8. The van der Waals surface area contributed by atoms with E-state index < -0.39 is 5.60 Å². The van der Waals surface area contributed by atoms with Crippen molar-refractivity contribution in [2.75, 3.05) is 25.4 Å². The second-order valence-electron chi connectivity index (χ2n) is 8.19. The molecule has 0 bridgehead atoms. The van der Waals surface area contributed by atoms with Gasteiger partial charge >= 0.3 is 6.09 Å². The zero-order chi connectivity index (χ0) is 20.4. The Morgan fingerprint density at radius 3 is 2.41 bits per heavy atom. The molecule has 7 heteroatoms. The summed E-state index contributed by atoms with van der Waals surface area (Å²) in [7, 11) is 0. The molecule has 0 saturated carbocycles. The molecular weight excluding hydrogens is 346 g/mol. The van der Waals surface area contributed by atoms with Crippen molar-refractivity contribution in [1.82, 2.24) is 9.80 Å². The Balaban J connectivity index is 2.03. The normalized spacial score (nSPS) is 17.8. The minimum absolute atomic E-state index is 0.00985. The summed E-state index contributed by atoms with van der Waals surface area (Å²) in [5.74, 6) is 0.471. The third-order valence-electron chi connectivity index (χ3n) is 4.16. The van der Waals surface area contributed by atoms with Gasteiger partial charge < -0.3 is 25.0 Å². The van der Waals surface area contributed by atoms with Crippen LogP contribution in [0, 0.1) is 0 Å². The van der Waals surface area contributed by atoms with Gasteiger partial charge in [0.1, 0.15) is 11.4 Å². The summed E-state index contributed by atoms with van der Waals surface area (Å²) in [5, 5.41) is 0. The summed E-state index contributed by atoms with van der Waals surface area (Å²) in [6.45, 7) is 12.6. The number of ether oxygens (including phenoxy) is 2. The molecule has 1 aliphatic rings. The van der Waals surface area contributed by atoms with Gasteiger partial charge in [0.05, 0.1) is 11.8 Å². The maximum Gasteiger partial charge on any atom is 0.410 e. The first kappa shape index (κ1) is 20.9. The van der Waals surface area contributed by atoms with Gasteiger partial charge in [-0.25, -0.2) is 4.79 Å². The van der Waals surface area contributed by atoms with Crippen molar-refractivity contribution in [2.24, 2.45) is 0 Å². The van der Waals surface area contributed by atoms with Gasteiger partial charge in [-0.05, 0) is 59.7 Å². The standard InChI is InChI=1S/C20H31N3O4/c1-13(2)26-17-8-7-15(11-16(17)21)18(24)22-9-10-23(14(3)12-22)19(25)27-20(4,5)6/h7-8,11,13-14H,9-10,12,21H2,1-6H3/t14-/m0/s1. The molecule has 1 saturated heterocycles. The fraction of sp³-hybridized carbons (Fsp3) is 0.600. The van der Waals surface area contributed by atoms with Crippen LogP contribution >= 0.6 is 0 Å². The second-order valence-corrected chi connectivity index (χ2v) is 8.19. The van der Waals surface area contributed by atoms with Crippen LogP contribution < -0.4 is 10.5 Å². The van der Waals surface area contributed by atoms with Crippen LogP contribution in [-0.2, 0) is 4.74 Å². The predicted molar refractivity (Wildman–Crippen MR) is 105 cm³/mol. The predicted octanol–water partition coefficient (Wildman–Crippen LogP) is 3.14. The van der Waals surface area contributed by atoms with E-state index >= 15 is 0 Å².